The van der Waals surface area contributed by atoms with Crippen LogP contribution in [-0.2, 0) is 4.74 Å². The molecular weight excluding hydrogens is 388 g/mol. The minimum Gasteiger partial charge on any atom is -0.490 e. The maximum absolute atomic E-state index is 6.29. The molecule has 0 spiro atoms. The van der Waals surface area contributed by atoms with E-state index in [0.29, 0.717) is 11.2 Å². The second-order valence-corrected chi connectivity index (χ2v) is 7.97. The fraction of sp³-hybridized carbons (Fsp3) is 0.364. The van der Waals surface area contributed by atoms with Crippen LogP contribution >= 0.6 is 11.6 Å². The van der Waals surface area contributed by atoms with Crippen molar-refractivity contribution < 1.29 is 9.47 Å². The third-order valence-corrected chi connectivity index (χ3v) is 5.87. The summed E-state index contributed by atoms with van der Waals surface area (Å²) >= 11 is 5.86. The van der Waals surface area contributed by atoms with E-state index < -0.39 is 0 Å². The van der Waals surface area contributed by atoms with E-state index in [4.69, 9.17) is 21.1 Å². The molecule has 7 heteroatoms. The summed E-state index contributed by atoms with van der Waals surface area (Å²) in [6, 6.07) is 12.4. The molecule has 0 amide bonds. The molecule has 1 N–H and O–H groups in total. The van der Waals surface area contributed by atoms with Gasteiger partial charge in [-0.3, -0.25) is 4.90 Å². The van der Waals surface area contributed by atoms with Crippen LogP contribution in [0, 0.1) is 0 Å². The molecule has 0 unspecified atom stereocenters. The highest BCUT2D eigenvalue weighted by molar-refractivity contribution is 6.29. The quantitative estimate of drug-likeness (QED) is 0.634. The molecule has 2 aliphatic rings. The molecule has 2 fully saturated rings. The molecule has 0 aliphatic carbocycles. The van der Waals surface area contributed by atoms with Gasteiger partial charge in [0, 0.05) is 24.7 Å². The summed E-state index contributed by atoms with van der Waals surface area (Å²) in [4.78, 5) is 11.1. The van der Waals surface area contributed by atoms with Crippen molar-refractivity contribution in [3.8, 4) is 5.75 Å². The maximum Gasteiger partial charge on any atom is 0.138 e. The van der Waals surface area contributed by atoms with Crippen molar-refractivity contribution in [1.82, 2.24) is 14.9 Å². The van der Waals surface area contributed by atoms with Gasteiger partial charge in [0.1, 0.15) is 22.8 Å². The van der Waals surface area contributed by atoms with Gasteiger partial charge in [0.2, 0.25) is 0 Å². The summed E-state index contributed by atoms with van der Waals surface area (Å²) in [5.74, 6) is 1.70. The number of benzene rings is 1. The monoisotopic (exact) mass is 410 g/mol. The molecule has 3 aromatic rings. The van der Waals surface area contributed by atoms with Crippen molar-refractivity contribution in [2.24, 2.45) is 0 Å². The van der Waals surface area contributed by atoms with Crippen LogP contribution in [0.15, 0.2) is 48.8 Å². The van der Waals surface area contributed by atoms with Gasteiger partial charge < -0.3 is 14.8 Å². The van der Waals surface area contributed by atoms with E-state index in [9.17, 15) is 0 Å². The lowest BCUT2D eigenvalue weighted by Gasteiger charge is -2.41. The number of aromatic nitrogens is 2. The van der Waals surface area contributed by atoms with E-state index in [2.05, 4.69) is 32.3 Å². The molecule has 150 valence electrons. The second-order valence-electron chi connectivity index (χ2n) is 7.58. The average Bonchev–Trinajstić information content (AvgIpc) is 2.70. The van der Waals surface area contributed by atoms with Crippen LogP contribution in [0.2, 0.25) is 5.15 Å². The Kier molecular flexibility index (Phi) is 5.23. The molecule has 1 aromatic carbocycles. The molecular formula is C22H23ClN4O2. The Bertz CT molecular complexity index is 986. The van der Waals surface area contributed by atoms with Crippen molar-refractivity contribution in [2.75, 3.05) is 31.6 Å². The number of hydrogen-bond donors (Lipinski definition) is 1. The smallest absolute Gasteiger partial charge is 0.138 e. The largest absolute Gasteiger partial charge is 0.490 e. The van der Waals surface area contributed by atoms with Gasteiger partial charge in [-0.05, 0) is 54.6 Å². The molecule has 6 nitrogen and oxygen atoms in total. The number of halogens is 1. The molecule has 0 atom stereocenters. The SMILES string of the molecule is Clc1ccc(Nc2nccc3cc(OC4CCN(C5COC5)CC4)ccc23)cn1. The lowest BCUT2D eigenvalue weighted by atomic mass is 10.0. The Balaban J connectivity index is 1.27. The average molecular weight is 411 g/mol. The zero-order chi connectivity index (χ0) is 19.6. The number of likely N-dealkylation sites (tertiary alicyclic amines) is 1. The molecule has 2 aliphatic heterocycles. The van der Waals surface area contributed by atoms with Crippen molar-refractivity contribution in [1.29, 1.82) is 0 Å². The van der Waals surface area contributed by atoms with E-state index in [1.165, 1.54) is 0 Å². The van der Waals surface area contributed by atoms with E-state index in [-0.39, 0.29) is 6.10 Å². The minimum absolute atomic E-state index is 0.268. The summed E-state index contributed by atoms with van der Waals surface area (Å²) in [5, 5.41) is 5.91. The molecule has 0 saturated carbocycles. The number of piperidine rings is 1. The van der Waals surface area contributed by atoms with Crippen molar-refractivity contribution in [2.45, 2.75) is 25.0 Å². The summed E-state index contributed by atoms with van der Waals surface area (Å²) < 4.78 is 11.6. The molecule has 5 rings (SSSR count). The number of anilines is 2. The Labute approximate surface area is 174 Å². The third kappa shape index (κ3) is 4.15. The molecule has 0 bridgehead atoms. The highest BCUT2D eigenvalue weighted by atomic mass is 35.5. The van der Waals surface area contributed by atoms with Crippen LogP contribution in [0.3, 0.4) is 0 Å². The topological polar surface area (TPSA) is 59.5 Å². The Morgan fingerprint density at radius 3 is 2.66 bits per heavy atom. The second kappa shape index (κ2) is 8.14. The van der Waals surface area contributed by atoms with E-state index in [0.717, 1.165) is 67.2 Å². The van der Waals surface area contributed by atoms with Gasteiger partial charge in [0.25, 0.3) is 0 Å². The Morgan fingerprint density at radius 1 is 1.07 bits per heavy atom. The summed E-state index contributed by atoms with van der Waals surface area (Å²) in [6.45, 7) is 3.93. The summed E-state index contributed by atoms with van der Waals surface area (Å²) in [7, 11) is 0. The number of rotatable bonds is 5. The van der Waals surface area contributed by atoms with E-state index in [1.54, 1.807) is 18.5 Å². The zero-order valence-electron chi connectivity index (χ0n) is 16.1. The number of nitrogens with one attached hydrogen (secondary N) is 1. The van der Waals surface area contributed by atoms with E-state index in [1.807, 2.05) is 18.2 Å². The molecule has 29 heavy (non-hydrogen) atoms. The number of nitrogens with zero attached hydrogens (tertiary/aromatic N) is 3. The van der Waals surface area contributed by atoms with E-state index >= 15 is 0 Å². The predicted molar refractivity (Wildman–Crippen MR) is 114 cm³/mol. The first-order valence-electron chi connectivity index (χ1n) is 10.0. The van der Waals surface area contributed by atoms with Gasteiger partial charge in [-0.2, -0.15) is 0 Å². The first-order chi connectivity index (χ1) is 14.2. The Hall–Kier alpha value is -2.41. The molecule has 0 radical (unpaired) electrons. The zero-order valence-corrected chi connectivity index (χ0v) is 16.8. The standard InChI is InChI=1S/C22H23ClN4O2/c23-21-4-1-16(12-25-21)26-22-20-3-2-19(11-15(20)5-8-24-22)29-18-6-9-27(10-7-18)17-13-28-14-17/h1-5,8,11-12,17-18H,6-7,9-10,13-14H2,(H,24,26). The van der Waals surface area contributed by atoms with Gasteiger partial charge in [-0.25, -0.2) is 9.97 Å². The normalized spacial score (nSPS) is 18.5. The number of hydrogen-bond acceptors (Lipinski definition) is 6. The van der Waals surface area contributed by atoms with Crippen LogP contribution in [0.5, 0.6) is 5.75 Å². The van der Waals surface area contributed by atoms with Gasteiger partial charge in [-0.15, -0.1) is 0 Å². The van der Waals surface area contributed by atoms with Crippen molar-refractivity contribution in [3.05, 3.63) is 53.9 Å². The fourth-order valence-corrected chi connectivity index (χ4v) is 4.01. The number of fused-ring (bicyclic) bond motifs is 1. The number of ether oxygens (including phenoxy) is 2. The first kappa shape index (κ1) is 18.6. The minimum atomic E-state index is 0.268. The van der Waals surface area contributed by atoms with Crippen LogP contribution in [0.1, 0.15) is 12.8 Å². The summed E-state index contributed by atoms with van der Waals surface area (Å²) in [6.07, 6.45) is 5.88. The van der Waals surface area contributed by atoms with Crippen LogP contribution in [0.25, 0.3) is 10.8 Å². The highest BCUT2D eigenvalue weighted by Crippen LogP contribution is 2.29. The van der Waals surface area contributed by atoms with Gasteiger partial charge in [0.15, 0.2) is 0 Å². The lowest BCUT2D eigenvalue weighted by molar-refractivity contribution is -0.0777. The van der Waals surface area contributed by atoms with Crippen LogP contribution in [-0.4, -0.2) is 53.3 Å². The fourth-order valence-electron chi connectivity index (χ4n) is 3.90. The van der Waals surface area contributed by atoms with Gasteiger partial charge >= 0.3 is 0 Å². The van der Waals surface area contributed by atoms with Crippen molar-refractivity contribution >= 4 is 33.9 Å². The lowest BCUT2D eigenvalue weighted by Crippen LogP contribution is -2.52. The first-order valence-corrected chi connectivity index (χ1v) is 10.4. The maximum atomic E-state index is 6.29. The van der Waals surface area contributed by atoms with Crippen LogP contribution in [0.4, 0.5) is 11.5 Å². The van der Waals surface area contributed by atoms with Gasteiger partial charge in [-0.1, -0.05) is 11.6 Å². The number of pyridine rings is 2. The molecule has 2 aromatic heterocycles. The van der Waals surface area contributed by atoms with Gasteiger partial charge in [0.05, 0.1) is 31.1 Å². The molecule has 4 heterocycles. The molecule has 2 saturated heterocycles. The summed E-state index contributed by atoms with van der Waals surface area (Å²) in [5.41, 5.74) is 0.846. The predicted octanol–water partition coefficient (Wildman–Crippen LogP) is 4.27. The van der Waals surface area contributed by atoms with Crippen LogP contribution < -0.4 is 10.1 Å². The highest BCUT2D eigenvalue weighted by Gasteiger charge is 2.30. The Morgan fingerprint density at radius 2 is 1.93 bits per heavy atom. The third-order valence-electron chi connectivity index (χ3n) is 5.64. The van der Waals surface area contributed by atoms with Crippen molar-refractivity contribution in [3.63, 3.8) is 0 Å².